The number of nitrogens with zero attached hydrogens (tertiary/aromatic N) is 5. The van der Waals surface area contributed by atoms with Gasteiger partial charge in [0.1, 0.15) is 17.2 Å². The van der Waals surface area contributed by atoms with Crippen LogP contribution >= 0.6 is 11.6 Å². The summed E-state index contributed by atoms with van der Waals surface area (Å²) in [6.45, 7) is 1.82. The molecule has 9 nitrogen and oxygen atoms in total. The number of hydrogen-bond donors (Lipinski definition) is 2. The van der Waals surface area contributed by atoms with Crippen LogP contribution in [0.3, 0.4) is 0 Å². The first-order valence-electron chi connectivity index (χ1n) is 11.3. The van der Waals surface area contributed by atoms with Gasteiger partial charge in [-0.05, 0) is 37.6 Å². The highest BCUT2D eigenvalue weighted by atomic mass is 35.5. The van der Waals surface area contributed by atoms with Crippen LogP contribution in [0, 0.1) is 5.82 Å². The summed E-state index contributed by atoms with van der Waals surface area (Å²) in [5.41, 5.74) is 0.879. The molecule has 2 N–H and O–H groups in total. The number of hydrogen-bond acceptors (Lipinski definition) is 5. The summed E-state index contributed by atoms with van der Waals surface area (Å²) in [6.07, 6.45) is 7.41. The van der Waals surface area contributed by atoms with Crippen molar-refractivity contribution >= 4 is 33.5 Å². The molecule has 1 aromatic carbocycles. The minimum atomic E-state index is -0.765. The molecule has 4 aromatic heterocycles. The highest BCUT2D eigenvalue weighted by molar-refractivity contribution is 6.32. The number of benzene rings is 1. The molecule has 0 amide bonds. The summed E-state index contributed by atoms with van der Waals surface area (Å²) >= 11 is 6.15. The van der Waals surface area contributed by atoms with Gasteiger partial charge >= 0.3 is 5.69 Å². The Morgan fingerprint density at radius 3 is 2.86 bits per heavy atom. The van der Waals surface area contributed by atoms with Crippen LogP contribution in [0.2, 0.25) is 5.02 Å². The molecule has 11 heteroatoms. The first-order valence-corrected chi connectivity index (χ1v) is 11.6. The first kappa shape index (κ1) is 21.8. The van der Waals surface area contributed by atoms with Crippen LogP contribution in [0.1, 0.15) is 12.8 Å². The number of pyridine rings is 1. The number of rotatable bonds is 4. The molecule has 178 valence electrons. The Hall–Kier alpha value is -3.76. The van der Waals surface area contributed by atoms with Crippen molar-refractivity contribution in [2.24, 2.45) is 7.05 Å². The Kier molecular flexibility index (Phi) is 5.08. The first-order chi connectivity index (χ1) is 16.9. The van der Waals surface area contributed by atoms with Crippen LogP contribution in [0.5, 0.6) is 0 Å². The zero-order valence-electron chi connectivity index (χ0n) is 18.8. The zero-order valence-corrected chi connectivity index (χ0v) is 19.5. The van der Waals surface area contributed by atoms with E-state index in [0.717, 1.165) is 41.4 Å². The monoisotopic (exact) mass is 493 g/mol. The fourth-order valence-corrected chi connectivity index (χ4v) is 5.08. The van der Waals surface area contributed by atoms with Crippen LogP contribution in [0.25, 0.3) is 38.9 Å². The van der Waals surface area contributed by atoms with Crippen molar-refractivity contribution in [3.8, 4) is 16.9 Å². The lowest BCUT2D eigenvalue weighted by Gasteiger charge is -2.12. The van der Waals surface area contributed by atoms with E-state index in [1.54, 1.807) is 6.20 Å². The topological polar surface area (TPSA) is 103 Å². The molecule has 0 aliphatic carbocycles. The number of aromatic nitrogens is 6. The summed E-state index contributed by atoms with van der Waals surface area (Å²) in [7, 11) is 1.54. The van der Waals surface area contributed by atoms with Crippen molar-refractivity contribution in [1.82, 2.24) is 34.2 Å². The number of nitrogens with one attached hydrogen (secondary N) is 2. The second kappa shape index (κ2) is 8.17. The Balaban J connectivity index is 1.50. The van der Waals surface area contributed by atoms with Crippen molar-refractivity contribution in [2.75, 3.05) is 6.54 Å². The lowest BCUT2D eigenvalue weighted by atomic mass is 10.2. The van der Waals surface area contributed by atoms with Gasteiger partial charge in [0, 0.05) is 36.4 Å². The van der Waals surface area contributed by atoms with Crippen molar-refractivity contribution in [2.45, 2.75) is 25.4 Å². The summed E-state index contributed by atoms with van der Waals surface area (Å²) in [4.78, 5) is 34.3. The van der Waals surface area contributed by atoms with Gasteiger partial charge in [0.15, 0.2) is 0 Å². The predicted molar refractivity (Wildman–Crippen MR) is 132 cm³/mol. The standard InChI is InChI=1S/C24H21ClFN7O2/c1-31-20-15-8-19(13-9-29-32(11-13)12-14-4-3-7-27-14)30-22(15)28-10-16(20)23(34)33(24(31)35)21-17(25)5-2-6-18(21)26/h2,5-6,8-11,14,27H,3-4,7,12H2,1H3,(H,28,30). The molecule has 6 rings (SSSR count). The smallest absolute Gasteiger partial charge is 0.336 e. The highest BCUT2D eigenvalue weighted by Crippen LogP contribution is 2.28. The summed E-state index contributed by atoms with van der Waals surface area (Å²) < 4.78 is 18.5. The zero-order chi connectivity index (χ0) is 24.3. The predicted octanol–water partition coefficient (Wildman–Crippen LogP) is 2.97. The second-order valence-corrected chi connectivity index (χ2v) is 9.17. The van der Waals surface area contributed by atoms with Gasteiger partial charge in [-0.1, -0.05) is 17.7 Å². The molecule has 1 aliphatic heterocycles. The molecule has 0 saturated carbocycles. The van der Waals surface area contributed by atoms with E-state index in [1.165, 1.54) is 36.4 Å². The third-order valence-electron chi connectivity index (χ3n) is 6.55. The number of aryl methyl sites for hydroxylation is 1. The van der Waals surface area contributed by atoms with Crippen LogP contribution in [-0.4, -0.2) is 41.5 Å². The van der Waals surface area contributed by atoms with Gasteiger partial charge < -0.3 is 10.3 Å². The van der Waals surface area contributed by atoms with Crippen LogP contribution in [-0.2, 0) is 13.6 Å². The lowest BCUT2D eigenvalue weighted by molar-refractivity contribution is 0.476. The molecule has 35 heavy (non-hydrogen) atoms. The molecule has 5 aromatic rings. The normalized spacial score (nSPS) is 16.0. The second-order valence-electron chi connectivity index (χ2n) is 8.76. The van der Waals surface area contributed by atoms with E-state index < -0.39 is 17.1 Å². The molecule has 0 bridgehead atoms. The van der Waals surface area contributed by atoms with Crippen molar-refractivity contribution in [3.63, 3.8) is 0 Å². The van der Waals surface area contributed by atoms with E-state index in [1.807, 2.05) is 16.9 Å². The number of halogens is 2. The van der Waals surface area contributed by atoms with E-state index in [2.05, 4.69) is 20.4 Å². The quantitative estimate of drug-likeness (QED) is 0.401. The Morgan fingerprint density at radius 2 is 2.09 bits per heavy atom. The van der Waals surface area contributed by atoms with Gasteiger partial charge in [-0.15, -0.1) is 0 Å². The lowest BCUT2D eigenvalue weighted by Crippen LogP contribution is -2.38. The maximum absolute atomic E-state index is 14.6. The molecular formula is C24H21ClFN7O2. The maximum Gasteiger partial charge on any atom is 0.336 e. The van der Waals surface area contributed by atoms with E-state index in [0.29, 0.717) is 22.6 Å². The minimum Gasteiger partial charge on any atom is -0.339 e. The van der Waals surface area contributed by atoms with Crippen molar-refractivity contribution in [1.29, 1.82) is 0 Å². The van der Waals surface area contributed by atoms with Crippen LogP contribution in [0.4, 0.5) is 4.39 Å². The van der Waals surface area contributed by atoms with Gasteiger partial charge in [0.25, 0.3) is 5.56 Å². The van der Waals surface area contributed by atoms with Crippen LogP contribution in [0.15, 0.2) is 52.4 Å². The van der Waals surface area contributed by atoms with Gasteiger partial charge in [0.2, 0.25) is 0 Å². The molecule has 1 unspecified atom stereocenters. The molecule has 1 aliphatic rings. The third kappa shape index (κ3) is 3.48. The average Bonchev–Trinajstić information content (AvgIpc) is 3.60. The molecule has 1 fully saturated rings. The summed E-state index contributed by atoms with van der Waals surface area (Å²) in [6, 6.07) is 6.25. The van der Waals surface area contributed by atoms with Crippen LogP contribution < -0.4 is 16.6 Å². The largest absolute Gasteiger partial charge is 0.339 e. The van der Waals surface area contributed by atoms with Gasteiger partial charge in [-0.2, -0.15) is 5.10 Å². The van der Waals surface area contributed by atoms with E-state index in [9.17, 15) is 14.0 Å². The van der Waals surface area contributed by atoms with E-state index >= 15 is 0 Å². The number of aromatic amines is 1. The molecule has 0 radical (unpaired) electrons. The molecule has 5 heterocycles. The Bertz CT molecular complexity index is 1710. The minimum absolute atomic E-state index is 0.0358. The summed E-state index contributed by atoms with van der Waals surface area (Å²) in [5, 5.41) is 8.68. The maximum atomic E-state index is 14.6. The van der Waals surface area contributed by atoms with Crippen molar-refractivity contribution in [3.05, 3.63) is 74.5 Å². The van der Waals surface area contributed by atoms with Gasteiger partial charge in [-0.3, -0.25) is 14.0 Å². The fraction of sp³-hybridized carbons (Fsp3) is 0.250. The summed E-state index contributed by atoms with van der Waals surface area (Å²) in [5.74, 6) is -0.765. The molecule has 0 spiro atoms. The van der Waals surface area contributed by atoms with Gasteiger partial charge in [-0.25, -0.2) is 18.7 Å². The number of H-pyrrole nitrogens is 1. The average molecular weight is 494 g/mol. The highest BCUT2D eigenvalue weighted by Gasteiger charge is 2.21. The number of para-hydroxylation sites is 1. The van der Waals surface area contributed by atoms with E-state index in [-0.39, 0.29) is 16.1 Å². The van der Waals surface area contributed by atoms with Crippen molar-refractivity contribution < 1.29 is 4.39 Å². The SMILES string of the molecule is Cn1c(=O)n(-c2c(F)cccc2Cl)c(=O)c2cnc3[nH]c(-c4cnn(CC5CCCN5)c4)cc3c21. The van der Waals surface area contributed by atoms with E-state index in [4.69, 9.17) is 11.6 Å². The van der Waals surface area contributed by atoms with Gasteiger partial charge in [0.05, 0.1) is 34.4 Å². The Morgan fingerprint density at radius 1 is 1.23 bits per heavy atom. The number of fused-ring (bicyclic) bond motifs is 3. The Labute approximate surface area is 202 Å². The molecular weight excluding hydrogens is 473 g/mol. The fourth-order valence-electron chi connectivity index (χ4n) is 4.83. The molecule has 1 saturated heterocycles. The third-order valence-corrected chi connectivity index (χ3v) is 6.86. The molecule has 1 atom stereocenters.